The van der Waals surface area contributed by atoms with E-state index < -0.39 is 34.0 Å². The van der Waals surface area contributed by atoms with Crippen LogP contribution in [0.15, 0.2) is 24.8 Å². The third-order valence-corrected chi connectivity index (χ3v) is 5.77. The predicted molar refractivity (Wildman–Crippen MR) is 110 cm³/mol. The van der Waals surface area contributed by atoms with E-state index >= 15 is 0 Å². The van der Waals surface area contributed by atoms with E-state index in [2.05, 4.69) is 16.3 Å². The molecule has 1 aliphatic heterocycles. The Morgan fingerprint density at radius 2 is 2.21 bits per heavy atom. The minimum absolute atomic E-state index is 0.288. The molecule has 1 aromatic rings. The van der Waals surface area contributed by atoms with E-state index in [4.69, 9.17) is 10.00 Å². The molecule has 0 bridgehead atoms. The van der Waals surface area contributed by atoms with Gasteiger partial charge in [0.1, 0.15) is 0 Å². The van der Waals surface area contributed by atoms with Crippen LogP contribution in [0.25, 0.3) is 5.57 Å². The summed E-state index contributed by atoms with van der Waals surface area (Å²) in [6.07, 6.45) is 0.770. The highest BCUT2D eigenvalue weighted by Crippen LogP contribution is 2.23. The third kappa shape index (κ3) is 6.54. The van der Waals surface area contributed by atoms with Gasteiger partial charge in [-0.15, -0.1) is 0 Å². The molecule has 2 atom stereocenters. The SMILES string of the molecule is C=C(C)c1cccc(CC2C(NS(=O)(=O)CC#N)CCCN2C(=O)OC(C)C)n1. The predicted octanol–water partition coefficient (Wildman–Crippen LogP) is 2.48. The zero-order valence-corrected chi connectivity index (χ0v) is 17.9. The van der Waals surface area contributed by atoms with Crippen molar-refractivity contribution in [2.24, 2.45) is 0 Å². The van der Waals surface area contributed by atoms with Crippen molar-refractivity contribution in [3.05, 3.63) is 36.2 Å². The number of nitriles is 1. The number of rotatable bonds is 7. The molecule has 2 rings (SSSR count). The Balaban J connectivity index is 2.34. The number of allylic oxidation sites excluding steroid dienone is 1. The van der Waals surface area contributed by atoms with Crippen molar-refractivity contribution < 1.29 is 17.9 Å². The molecule has 158 valence electrons. The summed E-state index contributed by atoms with van der Waals surface area (Å²) in [4.78, 5) is 18.8. The molecule has 1 N–H and O–H groups in total. The Bertz CT molecular complexity index is 892. The van der Waals surface area contributed by atoms with E-state index in [9.17, 15) is 13.2 Å². The molecule has 1 aliphatic rings. The molecule has 0 spiro atoms. The van der Waals surface area contributed by atoms with Crippen LogP contribution in [0.5, 0.6) is 0 Å². The monoisotopic (exact) mass is 420 g/mol. The standard InChI is InChI=1S/C20H28N4O4S/c1-14(2)17-8-5-7-16(22-17)13-19-18(23-29(26,27)12-10-21)9-6-11-24(19)20(25)28-15(3)4/h5,7-8,15,18-19,23H,1,6,9,11-13H2,2-4H3. The van der Waals surface area contributed by atoms with E-state index in [0.29, 0.717) is 25.8 Å². The molecule has 2 heterocycles. The first kappa shape index (κ1) is 22.8. The van der Waals surface area contributed by atoms with Gasteiger partial charge in [0.25, 0.3) is 0 Å². The maximum atomic E-state index is 12.7. The fourth-order valence-electron chi connectivity index (χ4n) is 3.35. The van der Waals surface area contributed by atoms with Crippen LogP contribution in [0.2, 0.25) is 0 Å². The van der Waals surface area contributed by atoms with Crippen LogP contribution in [0.1, 0.15) is 45.0 Å². The third-order valence-electron chi connectivity index (χ3n) is 4.60. The summed E-state index contributed by atoms with van der Waals surface area (Å²) >= 11 is 0. The summed E-state index contributed by atoms with van der Waals surface area (Å²) < 4.78 is 32.4. The van der Waals surface area contributed by atoms with Gasteiger partial charge in [-0.25, -0.2) is 17.9 Å². The Morgan fingerprint density at radius 1 is 1.48 bits per heavy atom. The highest BCUT2D eigenvalue weighted by molar-refractivity contribution is 7.89. The number of amides is 1. The van der Waals surface area contributed by atoms with Gasteiger partial charge < -0.3 is 9.64 Å². The number of carbonyl (C=O) groups is 1. The zero-order chi connectivity index (χ0) is 21.6. The van der Waals surface area contributed by atoms with Crippen LogP contribution in [0.4, 0.5) is 4.79 Å². The second kappa shape index (κ2) is 9.85. The van der Waals surface area contributed by atoms with Gasteiger partial charge in [-0.05, 0) is 51.3 Å². The maximum Gasteiger partial charge on any atom is 0.410 e. The largest absolute Gasteiger partial charge is 0.447 e. The Kier molecular flexibility index (Phi) is 7.76. The minimum atomic E-state index is -3.77. The molecule has 29 heavy (non-hydrogen) atoms. The summed E-state index contributed by atoms with van der Waals surface area (Å²) in [5.41, 5.74) is 2.29. The molecule has 0 saturated carbocycles. The summed E-state index contributed by atoms with van der Waals surface area (Å²) in [6.45, 7) is 9.76. The van der Waals surface area contributed by atoms with Gasteiger partial charge in [0.2, 0.25) is 10.0 Å². The van der Waals surface area contributed by atoms with Crippen molar-refractivity contribution in [2.45, 2.75) is 58.2 Å². The number of hydrogen-bond acceptors (Lipinski definition) is 6. The second-order valence-corrected chi connectivity index (χ2v) is 9.23. The summed E-state index contributed by atoms with van der Waals surface area (Å²) in [5.74, 6) is -0.629. The Labute approximate surface area is 172 Å². The van der Waals surface area contributed by atoms with Crippen molar-refractivity contribution in [1.29, 1.82) is 5.26 Å². The second-order valence-electron chi connectivity index (χ2n) is 7.48. The van der Waals surface area contributed by atoms with E-state index in [0.717, 1.165) is 17.0 Å². The molecule has 8 nitrogen and oxygen atoms in total. The van der Waals surface area contributed by atoms with Crippen LogP contribution >= 0.6 is 0 Å². The van der Waals surface area contributed by atoms with E-state index in [1.54, 1.807) is 24.8 Å². The van der Waals surface area contributed by atoms with Crippen molar-refractivity contribution in [3.63, 3.8) is 0 Å². The summed E-state index contributed by atoms with van der Waals surface area (Å²) in [7, 11) is -3.77. The van der Waals surface area contributed by atoms with Crippen molar-refractivity contribution in [3.8, 4) is 6.07 Å². The van der Waals surface area contributed by atoms with Gasteiger partial charge in [0.15, 0.2) is 5.75 Å². The topological polar surface area (TPSA) is 112 Å². The van der Waals surface area contributed by atoms with Crippen LogP contribution in [-0.4, -0.2) is 54.9 Å². The molecule has 1 fully saturated rings. The normalized spacial score (nSPS) is 19.6. The van der Waals surface area contributed by atoms with Crippen LogP contribution in [-0.2, 0) is 21.2 Å². The van der Waals surface area contributed by atoms with E-state index in [1.807, 2.05) is 25.1 Å². The average molecular weight is 421 g/mol. The van der Waals surface area contributed by atoms with Gasteiger partial charge in [-0.3, -0.25) is 4.98 Å². The molecular formula is C20H28N4O4S. The number of piperidine rings is 1. The number of ether oxygens (including phenoxy) is 1. The van der Waals surface area contributed by atoms with Gasteiger partial charge in [-0.2, -0.15) is 5.26 Å². The van der Waals surface area contributed by atoms with E-state index in [-0.39, 0.29) is 6.10 Å². The summed E-state index contributed by atoms with van der Waals surface area (Å²) in [6, 6.07) is 6.21. The Morgan fingerprint density at radius 3 is 2.83 bits per heavy atom. The number of likely N-dealkylation sites (tertiary alicyclic amines) is 1. The van der Waals surface area contributed by atoms with Gasteiger partial charge in [0.05, 0.1) is 23.9 Å². The molecule has 1 amide bonds. The molecule has 9 heteroatoms. The lowest BCUT2D eigenvalue weighted by molar-refractivity contribution is 0.0459. The van der Waals surface area contributed by atoms with Crippen LogP contribution < -0.4 is 4.72 Å². The number of nitrogens with one attached hydrogen (secondary N) is 1. The van der Waals surface area contributed by atoms with Gasteiger partial charge in [-0.1, -0.05) is 12.6 Å². The van der Waals surface area contributed by atoms with E-state index in [1.165, 1.54) is 0 Å². The first-order valence-corrected chi connectivity index (χ1v) is 11.2. The maximum absolute atomic E-state index is 12.7. The molecular weight excluding hydrogens is 392 g/mol. The highest BCUT2D eigenvalue weighted by atomic mass is 32.2. The van der Waals surface area contributed by atoms with Crippen molar-refractivity contribution >= 4 is 21.7 Å². The van der Waals surface area contributed by atoms with Crippen molar-refractivity contribution in [1.82, 2.24) is 14.6 Å². The number of pyridine rings is 1. The van der Waals surface area contributed by atoms with Crippen LogP contribution in [0, 0.1) is 11.3 Å². The Hall–Kier alpha value is -2.44. The fraction of sp³-hybridized carbons (Fsp3) is 0.550. The minimum Gasteiger partial charge on any atom is -0.447 e. The number of carbonyl (C=O) groups excluding carboxylic acids is 1. The lowest BCUT2D eigenvalue weighted by Crippen LogP contribution is -2.58. The molecule has 0 aliphatic carbocycles. The number of sulfonamides is 1. The first-order valence-electron chi connectivity index (χ1n) is 9.59. The highest BCUT2D eigenvalue weighted by Gasteiger charge is 2.37. The average Bonchev–Trinajstić information content (AvgIpc) is 2.62. The number of aromatic nitrogens is 1. The quantitative estimate of drug-likeness (QED) is 0.725. The van der Waals surface area contributed by atoms with Crippen LogP contribution in [0.3, 0.4) is 0 Å². The molecule has 0 aromatic carbocycles. The molecule has 0 radical (unpaired) electrons. The molecule has 2 unspecified atom stereocenters. The van der Waals surface area contributed by atoms with Gasteiger partial charge >= 0.3 is 6.09 Å². The molecule has 1 saturated heterocycles. The van der Waals surface area contributed by atoms with Gasteiger partial charge in [0, 0.05) is 24.7 Å². The molecule has 1 aromatic heterocycles. The van der Waals surface area contributed by atoms with Crippen molar-refractivity contribution in [2.75, 3.05) is 12.3 Å². The first-order chi connectivity index (χ1) is 13.6. The smallest absolute Gasteiger partial charge is 0.410 e. The lowest BCUT2D eigenvalue weighted by atomic mass is 9.93. The summed E-state index contributed by atoms with van der Waals surface area (Å²) in [5, 5.41) is 8.78. The zero-order valence-electron chi connectivity index (χ0n) is 17.1. The fourth-order valence-corrected chi connectivity index (χ4v) is 4.33. The number of hydrogen-bond donors (Lipinski definition) is 1. The lowest BCUT2D eigenvalue weighted by Gasteiger charge is -2.41. The number of nitrogens with zero attached hydrogens (tertiary/aromatic N) is 3.